The van der Waals surface area contributed by atoms with Crippen molar-refractivity contribution < 1.29 is 14.6 Å². The molecule has 1 atom stereocenters. The van der Waals surface area contributed by atoms with Crippen molar-refractivity contribution in [1.82, 2.24) is 4.98 Å². The molecular formula is C21H15N3O3. The molecule has 0 radical (unpaired) electrons. The molecule has 2 heterocycles. The number of nitrogens with zero attached hydrogens (tertiary/aromatic N) is 2. The van der Waals surface area contributed by atoms with Crippen molar-refractivity contribution in [1.29, 1.82) is 5.26 Å². The van der Waals surface area contributed by atoms with Crippen LogP contribution in [-0.4, -0.2) is 16.1 Å². The van der Waals surface area contributed by atoms with Gasteiger partial charge in [0.1, 0.15) is 17.4 Å². The first-order chi connectivity index (χ1) is 13.0. The number of aromatic nitrogens is 1. The maximum Gasteiger partial charge on any atom is 0.335 e. The van der Waals surface area contributed by atoms with Gasteiger partial charge in [-0.05, 0) is 30.2 Å². The molecule has 1 unspecified atom stereocenters. The SMILES string of the molecule is Cc1c(C(=O)O)cccc1C1C(C#N)=C(N)Oc2c1ccc1cnccc21. The van der Waals surface area contributed by atoms with Crippen LogP contribution in [-0.2, 0) is 0 Å². The minimum atomic E-state index is -1.01. The molecule has 1 aliphatic heterocycles. The number of ether oxygens (including phenoxy) is 1. The van der Waals surface area contributed by atoms with Gasteiger partial charge in [0.25, 0.3) is 0 Å². The van der Waals surface area contributed by atoms with Gasteiger partial charge < -0.3 is 15.6 Å². The van der Waals surface area contributed by atoms with E-state index in [1.54, 1.807) is 31.5 Å². The highest BCUT2D eigenvalue weighted by atomic mass is 16.5. The molecule has 6 nitrogen and oxygen atoms in total. The Hall–Kier alpha value is -3.85. The minimum Gasteiger partial charge on any atom is -0.478 e. The Morgan fingerprint density at radius 1 is 1.26 bits per heavy atom. The number of carboxylic acid groups (broad SMARTS) is 1. The van der Waals surface area contributed by atoms with E-state index in [9.17, 15) is 15.2 Å². The van der Waals surface area contributed by atoms with Crippen LogP contribution in [0.5, 0.6) is 5.75 Å². The van der Waals surface area contributed by atoms with Crippen LogP contribution in [0.3, 0.4) is 0 Å². The first kappa shape index (κ1) is 16.6. The summed E-state index contributed by atoms with van der Waals surface area (Å²) in [4.78, 5) is 15.7. The zero-order valence-corrected chi connectivity index (χ0v) is 14.4. The van der Waals surface area contributed by atoms with Gasteiger partial charge in [-0.2, -0.15) is 5.26 Å². The second kappa shape index (κ2) is 6.15. The number of benzene rings is 2. The van der Waals surface area contributed by atoms with E-state index < -0.39 is 11.9 Å². The van der Waals surface area contributed by atoms with Crippen LogP contribution in [0.15, 0.2) is 60.2 Å². The molecule has 6 heteroatoms. The lowest BCUT2D eigenvalue weighted by Crippen LogP contribution is -2.22. The van der Waals surface area contributed by atoms with Gasteiger partial charge >= 0.3 is 5.97 Å². The van der Waals surface area contributed by atoms with Crippen LogP contribution in [0.2, 0.25) is 0 Å². The van der Waals surface area contributed by atoms with Crippen LogP contribution in [0.4, 0.5) is 0 Å². The van der Waals surface area contributed by atoms with Crippen molar-refractivity contribution in [3.63, 3.8) is 0 Å². The third kappa shape index (κ3) is 2.49. The second-order valence-electron chi connectivity index (χ2n) is 6.33. The molecule has 3 aromatic rings. The number of hydrogen-bond acceptors (Lipinski definition) is 5. The molecule has 0 aliphatic carbocycles. The molecule has 1 aromatic heterocycles. The number of carbonyl (C=O) groups is 1. The van der Waals surface area contributed by atoms with E-state index in [-0.39, 0.29) is 17.0 Å². The van der Waals surface area contributed by atoms with Gasteiger partial charge in [-0.15, -0.1) is 0 Å². The summed E-state index contributed by atoms with van der Waals surface area (Å²) in [7, 11) is 0. The van der Waals surface area contributed by atoms with Gasteiger partial charge in [-0.25, -0.2) is 4.79 Å². The first-order valence-corrected chi connectivity index (χ1v) is 8.30. The van der Waals surface area contributed by atoms with Gasteiger partial charge in [0.05, 0.1) is 11.5 Å². The lowest BCUT2D eigenvalue weighted by atomic mass is 9.80. The highest BCUT2D eigenvalue weighted by molar-refractivity contribution is 5.91. The molecule has 132 valence electrons. The highest BCUT2D eigenvalue weighted by Gasteiger charge is 2.33. The lowest BCUT2D eigenvalue weighted by molar-refractivity contribution is 0.0696. The quantitative estimate of drug-likeness (QED) is 0.727. The maximum atomic E-state index is 11.6. The number of hydrogen-bond donors (Lipinski definition) is 2. The molecule has 0 spiro atoms. The summed E-state index contributed by atoms with van der Waals surface area (Å²) in [5.41, 5.74) is 8.61. The summed E-state index contributed by atoms with van der Waals surface area (Å²) in [5, 5.41) is 20.9. The van der Waals surface area contributed by atoms with Crippen LogP contribution >= 0.6 is 0 Å². The molecular weight excluding hydrogens is 342 g/mol. The fraction of sp³-hybridized carbons (Fsp3) is 0.0952. The number of allylic oxidation sites excluding steroid dienone is 1. The molecule has 2 aromatic carbocycles. The Bertz CT molecular complexity index is 1170. The largest absolute Gasteiger partial charge is 0.478 e. The third-order valence-corrected chi connectivity index (χ3v) is 4.92. The van der Waals surface area contributed by atoms with Gasteiger partial charge in [0.2, 0.25) is 5.88 Å². The monoisotopic (exact) mass is 357 g/mol. The molecule has 0 saturated heterocycles. The molecule has 0 fully saturated rings. The Balaban J connectivity index is 2.04. The average Bonchev–Trinajstić information content (AvgIpc) is 2.67. The lowest BCUT2D eigenvalue weighted by Gasteiger charge is -2.28. The fourth-order valence-electron chi connectivity index (χ4n) is 3.60. The van der Waals surface area contributed by atoms with Crippen molar-refractivity contribution in [3.05, 3.63) is 82.5 Å². The standard InChI is InChI=1S/C21H15N3O3/c1-11-13(3-2-4-14(11)21(25)26)18-16-6-5-12-10-24-8-7-15(12)19(16)27-20(23)17(18)9-22/h2-8,10,18H,23H2,1H3,(H,25,26). The normalized spacial score (nSPS) is 15.8. The van der Waals surface area contributed by atoms with E-state index in [0.717, 1.165) is 16.3 Å². The van der Waals surface area contributed by atoms with Crippen molar-refractivity contribution in [2.75, 3.05) is 0 Å². The Labute approximate surface area is 155 Å². The van der Waals surface area contributed by atoms with E-state index in [1.807, 2.05) is 24.3 Å². The number of carboxylic acids is 1. The van der Waals surface area contributed by atoms with Crippen LogP contribution in [0, 0.1) is 18.3 Å². The zero-order valence-electron chi connectivity index (χ0n) is 14.4. The van der Waals surface area contributed by atoms with E-state index >= 15 is 0 Å². The fourth-order valence-corrected chi connectivity index (χ4v) is 3.60. The van der Waals surface area contributed by atoms with Crippen molar-refractivity contribution in [2.24, 2.45) is 5.73 Å². The van der Waals surface area contributed by atoms with E-state index in [1.165, 1.54) is 0 Å². The van der Waals surface area contributed by atoms with Gasteiger partial charge in [0, 0.05) is 28.7 Å². The number of rotatable bonds is 2. The second-order valence-corrected chi connectivity index (χ2v) is 6.33. The van der Waals surface area contributed by atoms with Gasteiger partial charge in [-0.3, -0.25) is 4.98 Å². The first-order valence-electron chi connectivity index (χ1n) is 8.30. The predicted molar refractivity (Wildman–Crippen MR) is 99.2 cm³/mol. The number of aromatic carboxylic acids is 1. The van der Waals surface area contributed by atoms with Crippen molar-refractivity contribution >= 4 is 16.7 Å². The van der Waals surface area contributed by atoms with Crippen LogP contribution in [0.1, 0.15) is 33.0 Å². The summed E-state index contributed by atoms with van der Waals surface area (Å²) in [6, 6.07) is 12.8. The average molecular weight is 357 g/mol. The Kier molecular flexibility index (Phi) is 3.78. The summed E-state index contributed by atoms with van der Waals surface area (Å²) in [6.07, 6.45) is 3.39. The third-order valence-electron chi connectivity index (χ3n) is 4.92. The summed E-state index contributed by atoms with van der Waals surface area (Å²) in [5.74, 6) is -0.923. The number of pyridine rings is 1. The number of nitriles is 1. The number of fused-ring (bicyclic) bond motifs is 3. The Morgan fingerprint density at radius 3 is 2.81 bits per heavy atom. The summed E-state index contributed by atoms with van der Waals surface area (Å²) >= 11 is 0. The van der Waals surface area contributed by atoms with E-state index in [2.05, 4.69) is 11.1 Å². The number of nitrogens with two attached hydrogens (primary N) is 1. The van der Waals surface area contributed by atoms with Crippen molar-refractivity contribution in [2.45, 2.75) is 12.8 Å². The topological polar surface area (TPSA) is 109 Å². The van der Waals surface area contributed by atoms with Crippen molar-refractivity contribution in [3.8, 4) is 11.8 Å². The molecule has 3 N–H and O–H groups in total. The van der Waals surface area contributed by atoms with Crippen LogP contribution < -0.4 is 10.5 Å². The molecule has 0 amide bonds. The predicted octanol–water partition coefficient (Wildman–Crippen LogP) is 3.46. The zero-order chi connectivity index (χ0) is 19.1. The van der Waals surface area contributed by atoms with E-state index in [0.29, 0.717) is 16.9 Å². The Morgan fingerprint density at radius 2 is 2.07 bits per heavy atom. The molecule has 0 bridgehead atoms. The molecule has 4 rings (SSSR count). The molecule has 0 saturated carbocycles. The van der Waals surface area contributed by atoms with Crippen LogP contribution in [0.25, 0.3) is 10.8 Å². The smallest absolute Gasteiger partial charge is 0.335 e. The molecule has 27 heavy (non-hydrogen) atoms. The summed E-state index contributed by atoms with van der Waals surface area (Å²) in [6.45, 7) is 1.74. The minimum absolute atomic E-state index is 0.0273. The summed E-state index contributed by atoms with van der Waals surface area (Å²) < 4.78 is 5.81. The van der Waals surface area contributed by atoms with Gasteiger partial charge in [0.15, 0.2) is 0 Å². The molecule has 1 aliphatic rings. The van der Waals surface area contributed by atoms with Gasteiger partial charge in [-0.1, -0.05) is 24.3 Å². The highest BCUT2D eigenvalue weighted by Crippen LogP contribution is 2.46. The maximum absolute atomic E-state index is 11.6. The van der Waals surface area contributed by atoms with E-state index in [4.69, 9.17) is 10.5 Å².